The average Bonchev–Trinajstić information content (AvgIpc) is 2.62. The second-order valence-electron chi connectivity index (χ2n) is 6.59. The van der Waals surface area contributed by atoms with E-state index in [-0.39, 0.29) is 12.1 Å². The number of urea groups is 1. The van der Waals surface area contributed by atoms with E-state index < -0.39 is 0 Å². The summed E-state index contributed by atoms with van der Waals surface area (Å²) in [6.07, 6.45) is 0.475. The van der Waals surface area contributed by atoms with Crippen LogP contribution >= 0.6 is 0 Å². The van der Waals surface area contributed by atoms with Crippen molar-refractivity contribution in [3.8, 4) is 0 Å². The molecule has 1 atom stereocenters. The number of para-hydroxylation sites is 1. The fraction of sp³-hybridized carbons (Fsp3) is 0.350. The minimum absolute atomic E-state index is 0.239. The van der Waals surface area contributed by atoms with Crippen molar-refractivity contribution in [1.82, 2.24) is 10.2 Å². The maximum Gasteiger partial charge on any atom is 0.323 e. The van der Waals surface area contributed by atoms with E-state index in [1.807, 2.05) is 49.5 Å². The zero-order chi connectivity index (χ0) is 18.4. The number of hydrogen-bond donors (Lipinski definition) is 4. The minimum Gasteiger partial charge on any atom is -0.390 e. The summed E-state index contributed by atoms with van der Waals surface area (Å²) in [5.41, 5.74) is 3.99. The Morgan fingerprint density at radius 3 is 2.73 bits per heavy atom. The van der Waals surface area contributed by atoms with Crippen molar-refractivity contribution in [1.29, 1.82) is 0 Å². The third kappa shape index (κ3) is 4.82. The summed E-state index contributed by atoms with van der Waals surface area (Å²) in [6.45, 7) is 2.88. The highest BCUT2D eigenvalue weighted by atomic mass is 16.3. The smallest absolute Gasteiger partial charge is 0.323 e. The van der Waals surface area contributed by atoms with Gasteiger partial charge in [-0.2, -0.15) is 0 Å². The van der Waals surface area contributed by atoms with E-state index in [1.54, 1.807) is 0 Å². The molecule has 2 amide bonds. The number of aliphatic hydroxyl groups is 1. The van der Waals surface area contributed by atoms with Gasteiger partial charge in [0, 0.05) is 37.6 Å². The lowest BCUT2D eigenvalue weighted by Gasteiger charge is -2.31. The molecule has 138 valence electrons. The van der Waals surface area contributed by atoms with Gasteiger partial charge in [0.15, 0.2) is 0 Å². The molecule has 1 aliphatic heterocycles. The fourth-order valence-corrected chi connectivity index (χ4v) is 3.35. The first-order valence-electron chi connectivity index (χ1n) is 8.94. The summed E-state index contributed by atoms with van der Waals surface area (Å²) in [5.74, 6) is 0. The van der Waals surface area contributed by atoms with E-state index in [1.165, 1.54) is 11.1 Å². The molecule has 0 radical (unpaired) electrons. The summed E-state index contributed by atoms with van der Waals surface area (Å²) in [5, 5.41) is 18.8. The molecule has 1 unspecified atom stereocenters. The van der Waals surface area contributed by atoms with Crippen molar-refractivity contribution in [3.63, 3.8) is 0 Å². The number of hydrogen-bond acceptors (Lipinski definition) is 4. The van der Waals surface area contributed by atoms with E-state index in [4.69, 9.17) is 0 Å². The molecule has 2 aromatic carbocycles. The predicted molar refractivity (Wildman–Crippen MR) is 104 cm³/mol. The highest BCUT2D eigenvalue weighted by molar-refractivity contribution is 6.00. The molecular weight excluding hydrogens is 328 g/mol. The van der Waals surface area contributed by atoms with E-state index >= 15 is 0 Å². The lowest BCUT2D eigenvalue weighted by Crippen LogP contribution is -2.40. The number of carbonyl (C=O) groups excluding carboxylic acids is 1. The van der Waals surface area contributed by atoms with E-state index in [2.05, 4.69) is 26.9 Å². The molecular formula is C20H26N4O2. The first-order valence-corrected chi connectivity index (χ1v) is 8.94. The van der Waals surface area contributed by atoms with Crippen LogP contribution < -0.4 is 16.0 Å². The molecule has 26 heavy (non-hydrogen) atoms. The van der Waals surface area contributed by atoms with Crippen LogP contribution in [0.5, 0.6) is 0 Å². The van der Waals surface area contributed by atoms with Crippen LogP contribution in [-0.2, 0) is 13.0 Å². The molecule has 0 saturated heterocycles. The standard InChI is InChI=1S/C20H26N4O2/c1-21-12-17(25)14-24-11-10-18-15(13-24)6-5-9-19(18)23-20(26)22-16-7-3-2-4-8-16/h2-9,17,21,25H,10-14H2,1H3,(H2,22,23,26). The molecule has 0 fully saturated rings. The number of aliphatic hydroxyl groups excluding tert-OH is 1. The molecule has 0 aliphatic carbocycles. The Labute approximate surface area is 154 Å². The summed E-state index contributed by atoms with van der Waals surface area (Å²) >= 11 is 0. The van der Waals surface area contributed by atoms with Crippen LogP contribution in [0.2, 0.25) is 0 Å². The number of amides is 2. The van der Waals surface area contributed by atoms with Gasteiger partial charge in [-0.05, 0) is 42.8 Å². The topological polar surface area (TPSA) is 76.6 Å². The van der Waals surface area contributed by atoms with Crippen LogP contribution in [-0.4, -0.2) is 48.8 Å². The molecule has 3 rings (SSSR count). The van der Waals surface area contributed by atoms with E-state index in [0.29, 0.717) is 13.1 Å². The summed E-state index contributed by atoms with van der Waals surface area (Å²) in [4.78, 5) is 14.5. The molecule has 0 bridgehead atoms. The fourth-order valence-electron chi connectivity index (χ4n) is 3.35. The first kappa shape index (κ1) is 18.4. The highest BCUT2D eigenvalue weighted by Gasteiger charge is 2.21. The lowest BCUT2D eigenvalue weighted by atomic mass is 9.97. The third-order valence-corrected chi connectivity index (χ3v) is 4.53. The molecule has 6 nitrogen and oxygen atoms in total. The molecule has 0 aromatic heterocycles. The van der Waals surface area contributed by atoms with Crippen molar-refractivity contribution in [2.45, 2.75) is 19.1 Å². The van der Waals surface area contributed by atoms with Crippen molar-refractivity contribution in [3.05, 3.63) is 59.7 Å². The minimum atomic E-state index is -0.375. The van der Waals surface area contributed by atoms with Crippen LogP contribution in [0.1, 0.15) is 11.1 Å². The Hall–Kier alpha value is -2.41. The molecule has 6 heteroatoms. The van der Waals surface area contributed by atoms with Crippen LogP contribution in [0.25, 0.3) is 0 Å². The molecule has 0 spiro atoms. The molecule has 0 saturated carbocycles. The number of likely N-dealkylation sites (N-methyl/N-ethyl adjacent to an activating group) is 1. The maximum atomic E-state index is 12.3. The van der Waals surface area contributed by atoms with Crippen LogP contribution in [0.4, 0.5) is 16.2 Å². The molecule has 4 N–H and O–H groups in total. The normalized spacial score (nSPS) is 15.2. The van der Waals surface area contributed by atoms with Gasteiger partial charge < -0.3 is 21.1 Å². The van der Waals surface area contributed by atoms with Crippen LogP contribution in [0, 0.1) is 0 Å². The quantitative estimate of drug-likeness (QED) is 0.642. The van der Waals surface area contributed by atoms with Gasteiger partial charge in [-0.15, -0.1) is 0 Å². The Balaban J connectivity index is 1.63. The second kappa shape index (κ2) is 8.80. The van der Waals surface area contributed by atoms with Gasteiger partial charge in [0.2, 0.25) is 0 Å². The van der Waals surface area contributed by atoms with Crippen molar-refractivity contribution < 1.29 is 9.90 Å². The summed E-state index contributed by atoms with van der Waals surface area (Å²) in [7, 11) is 1.84. The molecule has 1 heterocycles. The Morgan fingerprint density at radius 1 is 1.15 bits per heavy atom. The number of nitrogens with one attached hydrogen (secondary N) is 3. The average molecular weight is 354 g/mol. The van der Waals surface area contributed by atoms with Crippen LogP contribution in [0.15, 0.2) is 48.5 Å². The zero-order valence-corrected chi connectivity index (χ0v) is 15.0. The summed E-state index contributed by atoms with van der Waals surface area (Å²) < 4.78 is 0. The molecule has 2 aromatic rings. The van der Waals surface area contributed by atoms with Gasteiger partial charge in [-0.1, -0.05) is 30.3 Å². The number of nitrogens with zero attached hydrogens (tertiary/aromatic N) is 1. The van der Waals surface area contributed by atoms with Crippen LogP contribution in [0.3, 0.4) is 0 Å². The van der Waals surface area contributed by atoms with Gasteiger partial charge >= 0.3 is 6.03 Å². The second-order valence-corrected chi connectivity index (χ2v) is 6.59. The first-order chi connectivity index (χ1) is 12.7. The van der Waals surface area contributed by atoms with Gasteiger partial charge in [0.05, 0.1) is 6.10 Å². The Kier molecular flexibility index (Phi) is 6.22. The van der Waals surface area contributed by atoms with Crippen molar-refractivity contribution in [2.24, 2.45) is 0 Å². The maximum absolute atomic E-state index is 12.3. The van der Waals surface area contributed by atoms with Gasteiger partial charge in [-0.3, -0.25) is 4.90 Å². The van der Waals surface area contributed by atoms with Gasteiger partial charge in [0.25, 0.3) is 0 Å². The Morgan fingerprint density at radius 2 is 1.96 bits per heavy atom. The highest BCUT2D eigenvalue weighted by Crippen LogP contribution is 2.26. The van der Waals surface area contributed by atoms with Crippen molar-refractivity contribution in [2.75, 3.05) is 37.3 Å². The van der Waals surface area contributed by atoms with Gasteiger partial charge in [-0.25, -0.2) is 4.79 Å². The van der Waals surface area contributed by atoms with Gasteiger partial charge in [0.1, 0.15) is 0 Å². The van der Waals surface area contributed by atoms with Crippen molar-refractivity contribution >= 4 is 17.4 Å². The van der Waals surface area contributed by atoms with E-state index in [9.17, 15) is 9.90 Å². The largest absolute Gasteiger partial charge is 0.390 e. The number of carbonyl (C=O) groups is 1. The number of benzene rings is 2. The molecule has 1 aliphatic rings. The summed E-state index contributed by atoms with van der Waals surface area (Å²) in [6, 6.07) is 15.1. The monoisotopic (exact) mass is 354 g/mol. The number of anilines is 2. The predicted octanol–water partition coefficient (Wildman–Crippen LogP) is 2.27. The number of β-amino-alcohol motifs (C(OH)–C–C–N with tert-alkyl or cyclic N) is 1. The number of rotatable bonds is 6. The Bertz CT molecular complexity index is 736. The number of fused-ring (bicyclic) bond motifs is 1. The third-order valence-electron chi connectivity index (χ3n) is 4.53. The lowest BCUT2D eigenvalue weighted by molar-refractivity contribution is 0.106. The SMILES string of the molecule is CNCC(O)CN1CCc2c(cccc2NC(=O)Nc2ccccc2)C1. The van der Waals surface area contributed by atoms with E-state index in [0.717, 1.165) is 30.9 Å². The zero-order valence-electron chi connectivity index (χ0n) is 15.0.